The molecule has 0 aliphatic carbocycles. The van der Waals surface area contributed by atoms with E-state index in [9.17, 15) is 0 Å². The van der Waals surface area contributed by atoms with Crippen molar-refractivity contribution in [2.75, 3.05) is 0 Å². The Labute approximate surface area is 323 Å². The molecular weight excluding hydrogens is 683 g/mol. The van der Waals surface area contributed by atoms with Gasteiger partial charge in [0.2, 0.25) is 0 Å². The van der Waals surface area contributed by atoms with Crippen LogP contribution in [-0.2, 0) is 0 Å². The molecule has 11 rings (SSSR count). The van der Waals surface area contributed by atoms with Crippen LogP contribution in [0, 0.1) is 0 Å². The summed E-state index contributed by atoms with van der Waals surface area (Å²) in [5, 5.41) is 4.96. The van der Waals surface area contributed by atoms with Crippen LogP contribution in [-0.4, -0.2) is 24.1 Å². The van der Waals surface area contributed by atoms with Crippen molar-refractivity contribution in [2.24, 2.45) is 0 Å². The molecule has 5 heteroatoms. The standard InChI is InChI=1S/C51H33N5/c1-5-17-48-42(13-1)43-14-2-6-18-49(43)55(48)40-27-38(28-41(31-40)56-50-19-7-3-15-44(50)45-16-4-8-20-51(45)56)34-21-23-35(24-22-34)46-29-39(36-11-9-25-52-32-36)30-47(54-46)37-12-10-26-53-33-37/h1-33H. The van der Waals surface area contributed by atoms with Crippen molar-refractivity contribution in [3.8, 4) is 56.1 Å². The summed E-state index contributed by atoms with van der Waals surface area (Å²) in [6, 6.07) is 62.9. The molecule has 11 aromatic rings. The third-order valence-corrected chi connectivity index (χ3v) is 10.9. The summed E-state index contributed by atoms with van der Waals surface area (Å²) in [5.41, 5.74) is 15.0. The van der Waals surface area contributed by atoms with Crippen molar-refractivity contribution in [1.82, 2.24) is 24.1 Å². The monoisotopic (exact) mass is 715 g/mol. The van der Waals surface area contributed by atoms with Crippen LogP contribution in [0.2, 0.25) is 0 Å². The Bertz CT molecular complexity index is 2940. The highest BCUT2D eigenvalue weighted by atomic mass is 15.0. The number of pyridine rings is 3. The van der Waals surface area contributed by atoms with Gasteiger partial charge in [0.15, 0.2) is 0 Å². The first kappa shape index (κ1) is 31.9. The Hall–Kier alpha value is -7.63. The highest BCUT2D eigenvalue weighted by Gasteiger charge is 2.18. The van der Waals surface area contributed by atoms with E-state index in [1.165, 1.54) is 43.6 Å². The lowest BCUT2D eigenvalue weighted by Crippen LogP contribution is -2.00. The minimum Gasteiger partial charge on any atom is -0.309 e. The first-order chi connectivity index (χ1) is 27.8. The summed E-state index contributed by atoms with van der Waals surface area (Å²) >= 11 is 0. The Morgan fingerprint density at radius 3 is 1.18 bits per heavy atom. The zero-order valence-electron chi connectivity index (χ0n) is 30.3. The van der Waals surface area contributed by atoms with Crippen molar-refractivity contribution in [3.63, 3.8) is 0 Å². The molecule has 0 saturated heterocycles. The molecule has 0 N–H and O–H groups in total. The molecule has 5 nitrogen and oxygen atoms in total. The lowest BCUT2D eigenvalue weighted by atomic mass is 9.99. The van der Waals surface area contributed by atoms with Crippen molar-refractivity contribution in [1.29, 1.82) is 0 Å². The van der Waals surface area contributed by atoms with Crippen LogP contribution >= 0.6 is 0 Å². The molecule has 6 aromatic carbocycles. The van der Waals surface area contributed by atoms with E-state index in [1.54, 1.807) is 12.4 Å². The van der Waals surface area contributed by atoms with Gasteiger partial charge in [-0.3, -0.25) is 9.97 Å². The zero-order chi connectivity index (χ0) is 37.0. The smallest absolute Gasteiger partial charge is 0.0731 e. The SMILES string of the molecule is c1cncc(-c2cc(-c3ccc(-c4cc(-n5c6ccccc6c6ccccc65)cc(-n5c6ccccc6c6ccccc65)c4)cc3)nc(-c3cccnc3)c2)c1. The molecular formula is C51H33N5. The van der Waals surface area contributed by atoms with E-state index in [0.717, 1.165) is 56.1 Å². The van der Waals surface area contributed by atoms with E-state index in [0.29, 0.717) is 0 Å². The van der Waals surface area contributed by atoms with Gasteiger partial charge < -0.3 is 9.13 Å². The summed E-state index contributed by atoms with van der Waals surface area (Å²) in [5.74, 6) is 0. The van der Waals surface area contributed by atoms with E-state index >= 15 is 0 Å². The second-order valence-electron chi connectivity index (χ2n) is 14.2. The molecule has 0 spiro atoms. The fourth-order valence-electron chi connectivity index (χ4n) is 8.30. The van der Waals surface area contributed by atoms with Gasteiger partial charge >= 0.3 is 0 Å². The molecule has 0 radical (unpaired) electrons. The molecule has 0 aliphatic rings. The largest absolute Gasteiger partial charge is 0.309 e. The van der Waals surface area contributed by atoms with Gasteiger partial charge in [-0.2, -0.15) is 0 Å². The zero-order valence-corrected chi connectivity index (χ0v) is 30.3. The molecule has 5 heterocycles. The van der Waals surface area contributed by atoms with Gasteiger partial charge in [-0.05, 0) is 89.5 Å². The predicted molar refractivity (Wildman–Crippen MR) is 230 cm³/mol. The van der Waals surface area contributed by atoms with Gasteiger partial charge in [-0.1, -0.05) is 103 Å². The molecule has 262 valence electrons. The lowest BCUT2D eigenvalue weighted by molar-refractivity contribution is 1.13. The molecule has 0 atom stereocenters. The quantitative estimate of drug-likeness (QED) is 0.172. The number of hydrogen-bond acceptors (Lipinski definition) is 3. The average molecular weight is 716 g/mol. The van der Waals surface area contributed by atoms with E-state index in [1.807, 2.05) is 30.6 Å². The van der Waals surface area contributed by atoms with Crippen LogP contribution in [0.3, 0.4) is 0 Å². The van der Waals surface area contributed by atoms with E-state index < -0.39 is 0 Å². The number of fused-ring (bicyclic) bond motifs is 6. The van der Waals surface area contributed by atoms with Crippen molar-refractivity contribution >= 4 is 43.6 Å². The summed E-state index contributed by atoms with van der Waals surface area (Å²) in [7, 11) is 0. The van der Waals surface area contributed by atoms with Crippen molar-refractivity contribution in [3.05, 3.63) is 201 Å². The molecule has 0 aliphatic heterocycles. The van der Waals surface area contributed by atoms with Gasteiger partial charge in [-0.25, -0.2) is 4.98 Å². The minimum absolute atomic E-state index is 0.869. The second-order valence-corrected chi connectivity index (χ2v) is 14.2. The molecule has 0 amide bonds. The number of aromatic nitrogens is 5. The first-order valence-electron chi connectivity index (χ1n) is 18.8. The minimum atomic E-state index is 0.869. The van der Waals surface area contributed by atoms with Gasteiger partial charge in [0.1, 0.15) is 0 Å². The summed E-state index contributed by atoms with van der Waals surface area (Å²) in [6.07, 6.45) is 7.35. The first-order valence-corrected chi connectivity index (χ1v) is 18.8. The molecule has 0 bridgehead atoms. The Kier molecular flexibility index (Phi) is 7.42. The maximum atomic E-state index is 5.15. The van der Waals surface area contributed by atoms with Gasteiger partial charge in [0.05, 0.1) is 33.5 Å². The fourth-order valence-corrected chi connectivity index (χ4v) is 8.30. The van der Waals surface area contributed by atoms with Gasteiger partial charge in [0, 0.05) is 74.4 Å². The van der Waals surface area contributed by atoms with Crippen molar-refractivity contribution < 1.29 is 0 Å². The fraction of sp³-hybridized carbons (Fsp3) is 0. The number of hydrogen-bond donors (Lipinski definition) is 0. The van der Waals surface area contributed by atoms with Crippen LogP contribution in [0.5, 0.6) is 0 Å². The second kappa shape index (κ2) is 13.0. The number of rotatable bonds is 6. The molecule has 0 fully saturated rings. The molecule has 56 heavy (non-hydrogen) atoms. The molecule has 0 unspecified atom stereocenters. The van der Waals surface area contributed by atoms with Crippen LogP contribution in [0.4, 0.5) is 0 Å². The van der Waals surface area contributed by atoms with Crippen molar-refractivity contribution in [2.45, 2.75) is 0 Å². The van der Waals surface area contributed by atoms with E-state index in [4.69, 9.17) is 4.98 Å². The van der Waals surface area contributed by atoms with E-state index in [-0.39, 0.29) is 0 Å². The van der Waals surface area contributed by atoms with Gasteiger partial charge in [0.25, 0.3) is 0 Å². The molecule has 5 aromatic heterocycles. The Morgan fingerprint density at radius 2 is 0.714 bits per heavy atom. The normalized spacial score (nSPS) is 11.6. The highest BCUT2D eigenvalue weighted by molar-refractivity contribution is 6.10. The van der Waals surface area contributed by atoms with Gasteiger partial charge in [-0.15, -0.1) is 0 Å². The van der Waals surface area contributed by atoms with Crippen LogP contribution in [0.15, 0.2) is 201 Å². The number of para-hydroxylation sites is 4. The molecule has 0 saturated carbocycles. The van der Waals surface area contributed by atoms with Crippen LogP contribution < -0.4 is 0 Å². The van der Waals surface area contributed by atoms with Crippen LogP contribution in [0.25, 0.3) is 99.8 Å². The summed E-state index contributed by atoms with van der Waals surface area (Å²) in [4.78, 5) is 13.9. The third kappa shape index (κ3) is 5.29. The Morgan fingerprint density at radius 1 is 0.304 bits per heavy atom. The topological polar surface area (TPSA) is 48.5 Å². The predicted octanol–water partition coefficient (Wildman–Crippen LogP) is 12.7. The average Bonchev–Trinajstić information content (AvgIpc) is 3.80. The number of nitrogens with zero attached hydrogens (tertiary/aromatic N) is 5. The number of benzene rings is 6. The third-order valence-electron chi connectivity index (χ3n) is 10.9. The lowest BCUT2D eigenvalue weighted by Gasteiger charge is -2.16. The maximum absolute atomic E-state index is 5.15. The summed E-state index contributed by atoms with van der Waals surface area (Å²) in [6.45, 7) is 0. The summed E-state index contributed by atoms with van der Waals surface area (Å²) < 4.78 is 4.82. The van der Waals surface area contributed by atoms with E-state index in [2.05, 4.69) is 177 Å². The highest BCUT2D eigenvalue weighted by Crippen LogP contribution is 2.38. The Balaban J connectivity index is 1.11. The maximum Gasteiger partial charge on any atom is 0.0731 e. The van der Waals surface area contributed by atoms with Crippen LogP contribution in [0.1, 0.15) is 0 Å².